The molecule has 6 heteroatoms. The zero-order valence-electron chi connectivity index (χ0n) is 14.1. The summed E-state index contributed by atoms with van der Waals surface area (Å²) in [6.07, 6.45) is 0. The molecule has 4 nitrogen and oxygen atoms in total. The van der Waals surface area contributed by atoms with Gasteiger partial charge in [-0.05, 0) is 41.8 Å². The van der Waals surface area contributed by atoms with Gasteiger partial charge in [-0.1, -0.05) is 49.2 Å². The number of hydrogen-bond donors (Lipinski definition) is 2. The van der Waals surface area contributed by atoms with Crippen LogP contribution in [0.25, 0.3) is 0 Å². The van der Waals surface area contributed by atoms with E-state index in [1.54, 1.807) is 24.3 Å². The molecule has 0 aliphatic rings. The molecule has 0 aliphatic heterocycles. The van der Waals surface area contributed by atoms with E-state index in [0.29, 0.717) is 33.6 Å². The van der Waals surface area contributed by atoms with Crippen molar-refractivity contribution in [2.24, 2.45) is 0 Å². The van der Waals surface area contributed by atoms with Gasteiger partial charge in [0.2, 0.25) is 0 Å². The SMILES string of the molecule is CC(C)c1ccc(C(=O)NCCNC(=O)c2cc(Cl)ccc2Cl)cc1. The Morgan fingerprint density at radius 1 is 0.920 bits per heavy atom. The first-order valence-corrected chi connectivity index (χ1v) is 8.75. The van der Waals surface area contributed by atoms with E-state index in [1.165, 1.54) is 11.6 Å². The predicted molar refractivity (Wildman–Crippen MR) is 102 cm³/mol. The molecule has 0 bridgehead atoms. The van der Waals surface area contributed by atoms with Gasteiger partial charge in [-0.3, -0.25) is 9.59 Å². The van der Waals surface area contributed by atoms with Crippen molar-refractivity contribution in [1.82, 2.24) is 10.6 Å². The molecule has 0 spiro atoms. The van der Waals surface area contributed by atoms with E-state index in [1.807, 2.05) is 12.1 Å². The van der Waals surface area contributed by atoms with Crippen molar-refractivity contribution >= 4 is 35.0 Å². The van der Waals surface area contributed by atoms with Gasteiger partial charge in [-0.15, -0.1) is 0 Å². The molecule has 0 radical (unpaired) electrons. The minimum Gasteiger partial charge on any atom is -0.350 e. The van der Waals surface area contributed by atoms with E-state index in [9.17, 15) is 9.59 Å². The second-order valence-corrected chi connectivity index (χ2v) is 6.76. The fraction of sp³-hybridized carbons (Fsp3) is 0.263. The van der Waals surface area contributed by atoms with E-state index in [-0.39, 0.29) is 18.4 Å². The quantitative estimate of drug-likeness (QED) is 0.737. The zero-order chi connectivity index (χ0) is 18.4. The third-order valence-corrected chi connectivity index (χ3v) is 4.27. The molecule has 0 saturated carbocycles. The Morgan fingerprint density at radius 2 is 1.52 bits per heavy atom. The standard InChI is InChI=1S/C19H20Cl2N2O2/c1-12(2)13-3-5-14(6-4-13)18(24)22-9-10-23-19(25)16-11-15(20)7-8-17(16)21/h3-8,11-12H,9-10H2,1-2H3,(H,22,24)(H,23,25). The van der Waals surface area contributed by atoms with Crippen LogP contribution in [-0.2, 0) is 0 Å². The molecule has 0 atom stereocenters. The van der Waals surface area contributed by atoms with Gasteiger partial charge < -0.3 is 10.6 Å². The lowest BCUT2D eigenvalue weighted by Crippen LogP contribution is -2.34. The fourth-order valence-corrected chi connectivity index (χ4v) is 2.62. The largest absolute Gasteiger partial charge is 0.350 e. The first-order chi connectivity index (χ1) is 11.9. The molecule has 0 aromatic heterocycles. The lowest BCUT2D eigenvalue weighted by Gasteiger charge is -2.09. The third-order valence-electron chi connectivity index (χ3n) is 3.71. The molecule has 0 heterocycles. The Balaban J connectivity index is 1.81. The number of carbonyl (C=O) groups is 2. The summed E-state index contributed by atoms with van der Waals surface area (Å²) >= 11 is 11.8. The van der Waals surface area contributed by atoms with Gasteiger partial charge in [-0.25, -0.2) is 0 Å². The first kappa shape index (κ1) is 19.3. The predicted octanol–water partition coefficient (Wildman–Crippen LogP) is 4.28. The normalized spacial score (nSPS) is 10.6. The van der Waals surface area contributed by atoms with E-state index in [2.05, 4.69) is 24.5 Å². The second kappa shape index (κ2) is 8.88. The minimum atomic E-state index is -0.331. The summed E-state index contributed by atoms with van der Waals surface area (Å²) in [6, 6.07) is 12.2. The average molecular weight is 379 g/mol. The highest BCUT2D eigenvalue weighted by molar-refractivity contribution is 6.35. The van der Waals surface area contributed by atoms with E-state index in [4.69, 9.17) is 23.2 Å². The van der Waals surface area contributed by atoms with Crippen molar-refractivity contribution in [3.63, 3.8) is 0 Å². The molecule has 0 unspecified atom stereocenters. The van der Waals surface area contributed by atoms with E-state index < -0.39 is 0 Å². The summed E-state index contributed by atoms with van der Waals surface area (Å²) in [7, 11) is 0. The van der Waals surface area contributed by atoms with Crippen LogP contribution in [0.3, 0.4) is 0 Å². The zero-order valence-corrected chi connectivity index (χ0v) is 15.6. The van der Waals surface area contributed by atoms with Crippen LogP contribution >= 0.6 is 23.2 Å². The summed E-state index contributed by atoms with van der Waals surface area (Å²) in [6.45, 7) is 4.81. The molecule has 2 amide bonds. The van der Waals surface area contributed by atoms with Crippen molar-refractivity contribution in [2.75, 3.05) is 13.1 Å². The van der Waals surface area contributed by atoms with Gasteiger partial charge in [0.25, 0.3) is 11.8 Å². The van der Waals surface area contributed by atoms with Crippen LogP contribution in [0, 0.1) is 0 Å². The Morgan fingerprint density at radius 3 is 2.12 bits per heavy atom. The van der Waals surface area contributed by atoms with Crippen LogP contribution in [0.4, 0.5) is 0 Å². The topological polar surface area (TPSA) is 58.2 Å². The van der Waals surface area contributed by atoms with Crippen molar-refractivity contribution in [2.45, 2.75) is 19.8 Å². The highest BCUT2D eigenvalue weighted by Crippen LogP contribution is 2.20. The van der Waals surface area contributed by atoms with Crippen LogP contribution in [-0.4, -0.2) is 24.9 Å². The maximum absolute atomic E-state index is 12.1. The number of carbonyl (C=O) groups excluding carboxylic acids is 2. The van der Waals surface area contributed by atoms with Crippen LogP contribution < -0.4 is 10.6 Å². The van der Waals surface area contributed by atoms with Crippen molar-refractivity contribution in [1.29, 1.82) is 0 Å². The molecule has 0 fully saturated rings. The lowest BCUT2D eigenvalue weighted by atomic mass is 10.0. The Hall–Kier alpha value is -2.04. The maximum atomic E-state index is 12.1. The molecular formula is C19H20Cl2N2O2. The van der Waals surface area contributed by atoms with Crippen LogP contribution in [0.15, 0.2) is 42.5 Å². The Kier molecular flexibility index (Phi) is 6.85. The lowest BCUT2D eigenvalue weighted by molar-refractivity contribution is 0.0927. The average Bonchev–Trinajstić information content (AvgIpc) is 2.60. The monoisotopic (exact) mass is 378 g/mol. The number of halogens is 2. The van der Waals surface area contributed by atoms with Gasteiger partial charge in [0.05, 0.1) is 10.6 Å². The van der Waals surface area contributed by atoms with Crippen LogP contribution in [0.5, 0.6) is 0 Å². The smallest absolute Gasteiger partial charge is 0.252 e. The summed E-state index contributed by atoms with van der Waals surface area (Å²) in [5.41, 5.74) is 2.08. The molecule has 0 aliphatic carbocycles. The third kappa shape index (κ3) is 5.48. The summed E-state index contributed by atoms with van der Waals surface area (Å²) in [5, 5.41) is 6.24. The number of nitrogens with one attached hydrogen (secondary N) is 2. The summed E-state index contributed by atoms with van der Waals surface area (Å²) in [5.74, 6) is -0.0842. The maximum Gasteiger partial charge on any atom is 0.252 e. The molecule has 2 aromatic rings. The van der Waals surface area contributed by atoms with E-state index >= 15 is 0 Å². The van der Waals surface area contributed by atoms with Crippen molar-refractivity contribution < 1.29 is 9.59 Å². The van der Waals surface area contributed by atoms with Gasteiger partial charge in [0, 0.05) is 23.7 Å². The molecule has 2 rings (SSSR count). The summed E-state index contributed by atoms with van der Waals surface area (Å²) < 4.78 is 0. The molecule has 2 aromatic carbocycles. The molecule has 25 heavy (non-hydrogen) atoms. The van der Waals surface area contributed by atoms with Crippen molar-refractivity contribution in [3.8, 4) is 0 Å². The highest BCUT2D eigenvalue weighted by atomic mass is 35.5. The first-order valence-electron chi connectivity index (χ1n) is 8.00. The van der Waals surface area contributed by atoms with Gasteiger partial charge >= 0.3 is 0 Å². The van der Waals surface area contributed by atoms with Gasteiger partial charge in [-0.2, -0.15) is 0 Å². The van der Waals surface area contributed by atoms with E-state index in [0.717, 1.165) is 0 Å². The minimum absolute atomic E-state index is 0.176. The number of rotatable bonds is 6. The number of hydrogen-bond acceptors (Lipinski definition) is 2. The molecule has 2 N–H and O–H groups in total. The fourth-order valence-electron chi connectivity index (χ4n) is 2.24. The Bertz CT molecular complexity index is 759. The van der Waals surface area contributed by atoms with Gasteiger partial charge in [0.1, 0.15) is 0 Å². The van der Waals surface area contributed by atoms with Crippen LogP contribution in [0.1, 0.15) is 46.0 Å². The highest BCUT2D eigenvalue weighted by Gasteiger charge is 2.11. The van der Waals surface area contributed by atoms with Crippen LogP contribution in [0.2, 0.25) is 10.0 Å². The second-order valence-electron chi connectivity index (χ2n) is 5.91. The van der Waals surface area contributed by atoms with Gasteiger partial charge in [0.15, 0.2) is 0 Å². The number of benzene rings is 2. The summed E-state index contributed by atoms with van der Waals surface area (Å²) in [4.78, 5) is 24.1. The van der Waals surface area contributed by atoms with Crippen molar-refractivity contribution in [3.05, 3.63) is 69.2 Å². The Labute approximate surface area is 157 Å². The molecule has 132 valence electrons. The molecule has 0 saturated heterocycles. The number of amides is 2. The molecular weight excluding hydrogens is 359 g/mol.